The van der Waals surface area contributed by atoms with Crippen LogP contribution in [0.25, 0.3) is 0 Å². The second-order valence-corrected chi connectivity index (χ2v) is 5.65. The third-order valence-corrected chi connectivity index (χ3v) is 4.33. The fraction of sp³-hybridized carbons (Fsp3) is 0.385. The Kier molecular flexibility index (Phi) is 4.25. The molecule has 1 aromatic rings. The van der Waals surface area contributed by atoms with Crippen LogP contribution < -0.4 is 5.32 Å². The Balaban J connectivity index is 2.10. The largest absolute Gasteiger partial charge is 0.355 e. The van der Waals surface area contributed by atoms with Gasteiger partial charge in [-0.2, -0.15) is 0 Å². The molecule has 4 nitrogen and oxygen atoms in total. The lowest BCUT2D eigenvalue weighted by atomic mass is 10.3. The maximum Gasteiger partial charge on any atom is 0.241 e. The summed E-state index contributed by atoms with van der Waals surface area (Å²) in [6, 6.07) is 7.21. The number of carbonyl (C=O) groups is 1. The predicted molar refractivity (Wildman–Crippen MR) is 72.7 cm³/mol. The number of aliphatic imine (C=N–C) groups is 1. The first-order chi connectivity index (χ1) is 8.74. The van der Waals surface area contributed by atoms with E-state index in [0.717, 1.165) is 12.8 Å². The monoisotopic (exact) mass is 264 g/mol. The van der Waals surface area contributed by atoms with Crippen LogP contribution in [0.4, 0.5) is 5.69 Å². The number of benzene rings is 1. The van der Waals surface area contributed by atoms with Gasteiger partial charge in [0.2, 0.25) is 5.91 Å². The minimum absolute atomic E-state index is 0.208. The van der Waals surface area contributed by atoms with E-state index in [1.807, 2.05) is 12.1 Å². The highest BCUT2D eigenvalue weighted by Gasteiger charge is 2.28. The van der Waals surface area contributed by atoms with Gasteiger partial charge in [-0.25, -0.2) is 0 Å². The Hall–Kier alpha value is -1.49. The molecule has 0 fully saturated rings. The van der Waals surface area contributed by atoms with E-state index in [9.17, 15) is 9.00 Å². The van der Waals surface area contributed by atoms with Crippen LogP contribution in [0.5, 0.6) is 0 Å². The zero-order chi connectivity index (χ0) is 13.0. The van der Waals surface area contributed by atoms with Gasteiger partial charge in [0.15, 0.2) is 5.25 Å². The summed E-state index contributed by atoms with van der Waals surface area (Å²) in [5.41, 5.74) is 0.688. The molecule has 0 saturated heterocycles. The number of fused-ring (bicyclic) bond motifs is 1. The van der Waals surface area contributed by atoms with E-state index in [1.165, 1.54) is 6.21 Å². The summed E-state index contributed by atoms with van der Waals surface area (Å²) in [7, 11) is -1.35. The number of para-hydroxylation sites is 1. The smallest absolute Gasteiger partial charge is 0.241 e. The van der Waals surface area contributed by atoms with Crippen molar-refractivity contribution in [2.24, 2.45) is 4.99 Å². The van der Waals surface area contributed by atoms with Crippen molar-refractivity contribution in [2.45, 2.75) is 29.9 Å². The van der Waals surface area contributed by atoms with E-state index in [-0.39, 0.29) is 5.91 Å². The Morgan fingerprint density at radius 3 is 3.00 bits per heavy atom. The van der Waals surface area contributed by atoms with Crippen LogP contribution in [-0.4, -0.2) is 28.1 Å². The van der Waals surface area contributed by atoms with Gasteiger partial charge in [0, 0.05) is 12.8 Å². The summed E-state index contributed by atoms with van der Waals surface area (Å²) in [5.74, 6) is -0.208. The molecule has 0 radical (unpaired) electrons. The molecule has 0 aromatic heterocycles. The van der Waals surface area contributed by atoms with Gasteiger partial charge in [-0.05, 0) is 18.6 Å². The number of nitrogens with one attached hydrogen (secondary N) is 1. The molecule has 0 spiro atoms. The molecular weight excluding hydrogens is 248 g/mol. The lowest BCUT2D eigenvalue weighted by molar-refractivity contribution is -0.119. The highest BCUT2D eigenvalue weighted by atomic mass is 32.2. The van der Waals surface area contributed by atoms with E-state index in [2.05, 4.69) is 17.2 Å². The van der Waals surface area contributed by atoms with Crippen molar-refractivity contribution in [1.82, 2.24) is 5.32 Å². The summed E-state index contributed by atoms with van der Waals surface area (Å²) < 4.78 is 12.2. The highest BCUT2D eigenvalue weighted by Crippen LogP contribution is 2.27. The molecular formula is C13H16N2O2S. The van der Waals surface area contributed by atoms with Gasteiger partial charge in [0.1, 0.15) is 0 Å². The Bertz CT molecular complexity index is 500. The summed E-state index contributed by atoms with van der Waals surface area (Å²) in [6.45, 7) is 2.68. The van der Waals surface area contributed by atoms with E-state index in [4.69, 9.17) is 0 Å². The number of unbranched alkanes of at least 4 members (excludes halogenated alkanes) is 1. The minimum atomic E-state index is -1.35. The molecule has 2 atom stereocenters. The van der Waals surface area contributed by atoms with E-state index >= 15 is 0 Å². The van der Waals surface area contributed by atoms with E-state index in [0.29, 0.717) is 17.1 Å². The molecule has 0 bridgehead atoms. The molecule has 1 amide bonds. The van der Waals surface area contributed by atoms with Gasteiger partial charge in [-0.15, -0.1) is 0 Å². The molecule has 1 N–H and O–H groups in total. The zero-order valence-electron chi connectivity index (χ0n) is 10.3. The molecule has 0 saturated carbocycles. The van der Waals surface area contributed by atoms with Crippen molar-refractivity contribution in [1.29, 1.82) is 0 Å². The molecule has 2 unspecified atom stereocenters. The highest BCUT2D eigenvalue weighted by molar-refractivity contribution is 7.87. The second-order valence-electron chi connectivity index (χ2n) is 4.11. The van der Waals surface area contributed by atoms with Crippen LogP contribution in [0.3, 0.4) is 0 Å². The molecule has 2 rings (SSSR count). The van der Waals surface area contributed by atoms with Crippen LogP contribution in [0.15, 0.2) is 34.2 Å². The van der Waals surface area contributed by atoms with Crippen LogP contribution in [0.1, 0.15) is 19.8 Å². The predicted octanol–water partition coefficient (Wildman–Crippen LogP) is 1.79. The molecule has 5 heteroatoms. The lowest BCUT2D eigenvalue weighted by Crippen LogP contribution is -2.39. The summed E-state index contributed by atoms with van der Waals surface area (Å²) in [4.78, 5) is 16.7. The zero-order valence-corrected chi connectivity index (χ0v) is 11.1. The summed E-state index contributed by atoms with van der Waals surface area (Å²) in [5, 5.41) is 2.12. The van der Waals surface area contributed by atoms with Crippen molar-refractivity contribution >= 4 is 28.6 Å². The molecule has 18 heavy (non-hydrogen) atoms. The van der Waals surface area contributed by atoms with E-state index < -0.39 is 16.0 Å². The van der Waals surface area contributed by atoms with Gasteiger partial charge in [0.05, 0.1) is 21.4 Å². The van der Waals surface area contributed by atoms with Crippen molar-refractivity contribution in [3.05, 3.63) is 24.3 Å². The van der Waals surface area contributed by atoms with E-state index in [1.54, 1.807) is 12.1 Å². The van der Waals surface area contributed by atoms with Crippen molar-refractivity contribution < 1.29 is 9.00 Å². The summed E-state index contributed by atoms with van der Waals surface area (Å²) >= 11 is 0. The molecule has 1 aliphatic heterocycles. The number of nitrogens with zero attached hydrogens (tertiary/aromatic N) is 1. The maximum atomic E-state index is 12.2. The summed E-state index contributed by atoms with van der Waals surface area (Å²) in [6.07, 6.45) is 3.43. The third-order valence-electron chi connectivity index (χ3n) is 2.75. The molecule has 0 aliphatic carbocycles. The van der Waals surface area contributed by atoms with Gasteiger partial charge in [-0.1, -0.05) is 25.5 Å². The number of amides is 1. The average molecular weight is 264 g/mol. The van der Waals surface area contributed by atoms with Gasteiger partial charge >= 0.3 is 0 Å². The number of hydrogen-bond donors (Lipinski definition) is 1. The first kappa shape index (κ1) is 13.0. The van der Waals surface area contributed by atoms with Gasteiger partial charge < -0.3 is 5.32 Å². The SMILES string of the molecule is CCCCNC(=O)C1C=Nc2ccccc2S1=O. The van der Waals surface area contributed by atoms with Crippen molar-refractivity contribution in [3.63, 3.8) is 0 Å². The average Bonchev–Trinajstić information content (AvgIpc) is 2.39. The fourth-order valence-electron chi connectivity index (χ4n) is 1.73. The van der Waals surface area contributed by atoms with Crippen LogP contribution in [0.2, 0.25) is 0 Å². The van der Waals surface area contributed by atoms with Crippen molar-refractivity contribution in [3.8, 4) is 0 Å². The normalized spacial score (nSPS) is 21.4. The Morgan fingerprint density at radius 1 is 1.44 bits per heavy atom. The quantitative estimate of drug-likeness (QED) is 0.843. The number of rotatable bonds is 4. The number of hydrogen-bond acceptors (Lipinski definition) is 3. The maximum absolute atomic E-state index is 12.2. The van der Waals surface area contributed by atoms with Crippen LogP contribution in [-0.2, 0) is 15.6 Å². The van der Waals surface area contributed by atoms with Gasteiger partial charge in [-0.3, -0.25) is 14.0 Å². The third kappa shape index (κ3) is 2.67. The first-order valence-electron chi connectivity index (χ1n) is 6.05. The van der Waals surface area contributed by atoms with Crippen LogP contribution >= 0.6 is 0 Å². The first-order valence-corrected chi connectivity index (χ1v) is 7.27. The van der Waals surface area contributed by atoms with Gasteiger partial charge in [0.25, 0.3) is 0 Å². The standard InChI is InChI=1S/C13H16N2O2S/c1-2-3-8-14-13(16)12-9-15-10-6-4-5-7-11(10)18(12)17/h4-7,9,12H,2-3,8H2,1H3,(H,14,16). The number of carbonyl (C=O) groups excluding carboxylic acids is 1. The van der Waals surface area contributed by atoms with Crippen molar-refractivity contribution in [2.75, 3.05) is 6.54 Å². The molecule has 1 aliphatic rings. The molecule has 1 heterocycles. The Morgan fingerprint density at radius 2 is 2.22 bits per heavy atom. The fourth-order valence-corrected chi connectivity index (χ4v) is 2.99. The minimum Gasteiger partial charge on any atom is -0.355 e. The topological polar surface area (TPSA) is 58.5 Å². The van der Waals surface area contributed by atoms with Crippen LogP contribution in [0, 0.1) is 0 Å². The molecule has 96 valence electrons. The Labute approximate surface area is 109 Å². The lowest BCUT2D eigenvalue weighted by Gasteiger charge is -2.17. The second kappa shape index (κ2) is 5.91. The molecule has 1 aromatic carbocycles.